The van der Waals surface area contributed by atoms with Crippen LogP contribution in [-0.2, 0) is 4.79 Å². The summed E-state index contributed by atoms with van der Waals surface area (Å²) in [6, 6.07) is 0.409. The first-order valence-corrected chi connectivity index (χ1v) is 7.16. The van der Waals surface area contributed by atoms with Gasteiger partial charge < -0.3 is 5.32 Å². The lowest BCUT2D eigenvalue weighted by Crippen LogP contribution is -2.37. The second-order valence-corrected chi connectivity index (χ2v) is 6.66. The van der Waals surface area contributed by atoms with Crippen LogP contribution in [0.1, 0.15) is 33.1 Å². The highest BCUT2D eigenvalue weighted by atomic mass is 79.9. The molecule has 3 unspecified atom stereocenters. The standard InChI is InChI=1S/C10H18BrNOS/c1-3-14-9-5-4-8(6-9)12-10(13)7(2)11/h7-9H,3-6H2,1-2H3,(H,12,13). The third-order valence-corrected chi connectivity index (χ3v) is 4.14. The Morgan fingerprint density at radius 3 is 2.93 bits per heavy atom. The summed E-state index contributed by atoms with van der Waals surface area (Å²) in [5, 5.41) is 3.83. The number of carbonyl (C=O) groups excluding carboxylic acids is 1. The lowest BCUT2D eigenvalue weighted by atomic mass is 10.2. The second-order valence-electron chi connectivity index (χ2n) is 3.71. The highest BCUT2D eigenvalue weighted by Gasteiger charge is 2.26. The minimum atomic E-state index is -0.0691. The summed E-state index contributed by atoms with van der Waals surface area (Å²) in [5.41, 5.74) is 0. The topological polar surface area (TPSA) is 29.1 Å². The fourth-order valence-corrected chi connectivity index (χ4v) is 3.05. The Morgan fingerprint density at radius 1 is 1.64 bits per heavy atom. The number of halogens is 1. The normalized spacial score (nSPS) is 28.8. The van der Waals surface area contributed by atoms with Crippen LogP contribution in [-0.4, -0.2) is 27.8 Å². The van der Waals surface area contributed by atoms with E-state index in [9.17, 15) is 4.79 Å². The molecule has 1 aliphatic carbocycles. The van der Waals surface area contributed by atoms with Crippen LogP contribution in [0.25, 0.3) is 0 Å². The monoisotopic (exact) mass is 279 g/mol. The molecule has 14 heavy (non-hydrogen) atoms. The molecule has 1 fully saturated rings. The average molecular weight is 280 g/mol. The van der Waals surface area contributed by atoms with Crippen molar-refractivity contribution in [2.75, 3.05) is 5.75 Å². The molecule has 1 saturated carbocycles. The van der Waals surface area contributed by atoms with Crippen molar-refractivity contribution in [2.45, 2.75) is 49.2 Å². The Labute approximate surface area is 98.7 Å². The predicted molar refractivity (Wildman–Crippen MR) is 66.1 cm³/mol. The molecular formula is C10H18BrNOS. The molecule has 0 saturated heterocycles. The van der Waals surface area contributed by atoms with Crippen LogP contribution in [0.15, 0.2) is 0 Å². The molecule has 0 heterocycles. The zero-order valence-corrected chi connectivity index (χ0v) is 11.2. The summed E-state index contributed by atoms with van der Waals surface area (Å²) >= 11 is 5.29. The average Bonchev–Trinajstić information content (AvgIpc) is 2.53. The van der Waals surface area contributed by atoms with Gasteiger partial charge in [-0.05, 0) is 31.9 Å². The molecule has 1 aliphatic rings. The van der Waals surface area contributed by atoms with Crippen LogP contribution in [0.5, 0.6) is 0 Å². The molecule has 1 amide bonds. The summed E-state index contributed by atoms with van der Waals surface area (Å²) in [5.74, 6) is 1.30. The molecule has 0 aromatic rings. The largest absolute Gasteiger partial charge is 0.352 e. The summed E-state index contributed by atoms with van der Waals surface area (Å²) in [4.78, 5) is 11.3. The van der Waals surface area contributed by atoms with Crippen molar-refractivity contribution in [3.8, 4) is 0 Å². The minimum Gasteiger partial charge on any atom is -0.352 e. The molecule has 0 bridgehead atoms. The molecule has 1 N–H and O–H groups in total. The second kappa shape index (κ2) is 6.01. The van der Waals surface area contributed by atoms with E-state index in [2.05, 4.69) is 28.2 Å². The van der Waals surface area contributed by atoms with Crippen LogP contribution in [0.2, 0.25) is 0 Å². The number of hydrogen-bond acceptors (Lipinski definition) is 2. The van der Waals surface area contributed by atoms with Gasteiger partial charge in [-0.3, -0.25) is 4.79 Å². The molecule has 3 atom stereocenters. The van der Waals surface area contributed by atoms with Gasteiger partial charge in [0.25, 0.3) is 0 Å². The van der Waals surface area contributed by atoms with Crippen molar-refractivity contribution in [2.24, 2.45) is 0 Å². The van der Waals surface area contributed by atoms with Crippen LogP contribution in [0.3, 0.4) is 0 Å². The number of hydrogen-bond donors (Lipinski definition) is 1. The maximum atomic E-state index is 11.4. The molecular weight excluding hydrogens is 262 g/mol. The quantitative estimate of drug-likeness (QED) is 0.802. The van der Waals surface area contributed by atoms with Gasteiger partial charge in [-0.1, -0.05) is 22.9 Å². The van der Waals surface area contributed by atoms with Gasteiger partial charge in [-0.2, -0.15) is 11.8 Å². The molecule has 82 valence electrons. The molecule has 2 nitrogen and oxygen atoms in total. The number of amides is 1. The predicted octanol–water partition coefficient (Wildman–Crippen LogP) is 2.56. The van der Waals surface area contributed by atoms with Crippen molar-refractivity contribution in [1.82, 2.24) is 5.32 Å². The van der Waals surface area contributed by atoms with E-state index in [4.69, 9.17) is 0 Å². The van der Waals surface area contributed by atoms with Gasteiger partial charge in [0.15, 0.2) is 0 Å². The summed E-state index contributed by atoms with van der Waals surface area (Å²) in [6.45, 7) is 4.06. The minimum absolute atomic E-state index is 0.0691. The van der Waals surface area contributed by atoms with E-state index in [-0.39, 0.29) is 10.7 Å². The summed E-state index contributed by atoms with van der Waals surface area (Å²) in [6.07, 6.45) is 3.53. The smallest absolute Gasteiger partial charge is 0.233 e. The fourth-order valence-electron chi connectivity index (χ4n) is 1.77. The Hall–Kier alpha value is 0.300. The zero-order chi connectivity index (χ0) is 10.6. The SMILES string of the molecule is CCSC1CCC(NC(=O)C(C)Br)C1. The molecule has 0 aromatic carbocycles. The van der Waals surface area contributed by atoms with Gasteiger partial charge in [0.2, 0.25) is 5.91 Å². The zero-order valence-electron chi connectivity index (χ0n) is 8.75. The van der Waals surface area contributed by atoms with Crippen molar-refractivity contribution >= 4 is 33.6 Å². The van der Waals surface area contributed by atoms with Gasteiger partial charge in [-0.15, -0.1) is 0 Å². The van der Waals surface area contributed by atoms with Crippen LogP contribution in [0.4, 0.5) is 0 Å². The van der Waals surface area contributed by atoms with Crippen LogP contribution < -0.4 is 5.32 Å². The Balaban J connectivity index is 2.25. The first-order chi connectivity index (χ1) is 6.63. The first kappa shape index (κ1) is 12.4. The van der Waals surface area contributed by atoms with Crippen molar-refractivity contribution in [1.29, 1.82) is 0 Å². The summed E-state index contributed by atoms with van der Waals surface area (Å²) < 4.78 is 0. The third kappa shape index (κ3) is 3.81. The lowest BCUT2D eigenvalue weighted by molar-refractivity contribution is -0.120. The van der Waals surface area contributed by atoms with E-state index in [1.54, 1.807) is 0 Å². The van der Waals surface area contributed by atoms with Crippen LogP contribution in [0, 0.1) is 0 Å². The van der Waals surface area contributed by atoms with E-state index < -0.39 is 0 Å². The van der Waals surface area contributed by atoms with E-state index in [0.29, 0.717) is 6.04 Å². The van der Waals surface area contributed by atoms with Gasteiger partial charge in [0.05, 0.1) is 4.83 Å². The van der Waals surface area contributed by atoms with Gasteiger partial charge in [0, 0.05) is 11.3 Å². The maximum Gasteiger partial charge on any atom is 0.233 e. The highest BCUT2D eigenvalue weighted by molar-refractivity contribution is 9.10. The molecule has 4 heteroatoms. The maximum absolute atomic E-state index is 11.4. The number of thioether (sulfide) groups is 1. The van der Waals surface area contributed by atoms with Gasteiger partial charge >= 0.3 is 0 Å². The molecule has 0 aromatic heterocycles. The summed E-state index contributed by atoms with van der Waals surface area (Å²) in [7, 11) is 0. The van der Waals surface area contributed by atoms with Crippen molar-refractivity contribution < 1.29 is 4.79 Å². The van der Waals surface area contributed by atoms with E-state index in [1.807, 2.05) is 18.7 Å². The number of carbonyl (C=O) groups is 1. The Bertz CT molecular complexity index is 199. The third-order valence-electron chi connectivity index (χ3n) is 2.49. The Morgan fingerprint density at radius 2 is 2.36 bits per heavy atom. The Kier molecular flexibility index (Phi) is 5.31. The fraction of sp³-hybridized carbons (Fsp3) is 0.900. The lowest BCUT2D eigenvalue weighted by Gasteiger charge is -2.14. The van der Waals surface area contributed by atoms with E-state index >= 15 is 0 Å². The van der Waals surface area contributed by atoms with Gasteiger partial charge in [-0.25, -0.2) is 0 Å². The number of rotatable bonds is 4. The molecule has 0 radical (unpaired) electrons. The number of nitrogens with one attached hydrogen (secondary N) is 1. The van der Waals surface area contributed by atoms with Gasteiger partial charge in [0.1, 0.15) is 0 Å². The number of alkyl halides is 1. The molecule has 0 aliphatic heterocycles. The molecule has 1 rings (SSSR count). The molecule has 0 spiro atoms. The highest BCUT2D eigenvalue weighted by Crippen LogP contribution is 2.29. The van der Waals surface area contributed by atoms with Crippen LogP contribution >= 0.6 is 27.7 Å². The first-order valence-electron chi connectivity index (χ1n) is 5.19. The van der Waals surface area contributed by atoms with E-state index in [0.717, 1.165) is 18.1 Å². The van der Waals surface area contributed by atoms with Crippen molar-refractivity contribution in [3.05, 3.63) is 0 Å². The van der Waals surface area contributed by atoms with E-state index in [1.165, 1.54) is 12.2 Å². The van der Waals surface area contributed by atoms with Crippen molar-refractivity contribution in [3.63, 3.8) is 0 Å².